The lowest BCUT2D eigenvalue weighted by molar-refractivity contribution is -0.121. The lowest BCUT2D eigenvalue weighted by Crippen LogP contribution is -2.30. The number of hydrogen-bond acceptors (Lipinski definition) is 4. The molecule has 0 aliphatic heterocycles. The summed E-state index contributed by atoms with van der Waals surface area (Å²) in [5, 5.41) is 12.0. The number of rotatable bonds is 6. The van der Waals surface area contributed by atoms with Crippen LogP contribution in [0.15, 0.2) is 30.5 Å². The second kappa shape index (κ2) is 8.07. The Hall–Kier alpha value is -2.47. The van der Waals surface area contributed by atoms with Gasteiger partial charge < -0.3 is 15.3 Å². The molecule has 1 aromatic heterocycles. The van der Waals surface area contributed by atoms with Crippen LogP contribution in [0.2, 0.25) is 0 Å². The highest BCUT2D eigenvalue weighted by Gasteiger charge is 2.20. The van der Waals surface area contributed by atoms with Crippen molar-refractivity contribution in [3.8, 4) is 11.1 Å². The summed E-state index contributed by atoms with van der Waals surface area (Å²) >= 11 is 0. The lowest BCUT2D eigenvalue weighted by atomic mass is 9.99. The highest BCUT2D eigenvalue weighted by atomic mass is 19.1. The summed E-state index contributed by atoms with van der Waals surface area (Å²) in [5.74, 6) is 0.0993. The average Bonchev–Trinajstić information content (AvgIpc) is 2.58. The number of aliphatic hydroxyl groups is 1. The molecule has 0 unspecified atom stereocenters. The number of anilines is 2. The molecule has 1 aromatic carbocycles. The summed E-state index contributed by atoms with van der Waals surface area (Å²) in [7, 11) is 1.71. The minimum atomic E-state index is -0.304. The van der Waals surface area contributed by atoms with E-state index in [-0.39, 0.29) is 24.2 Å². The number of benzene rings is 1. The number of aryl methyl sites for hydroxylation is 1. The van der Waals surface area contributed by atoms with Crippen molar-refractivity contribution in [3.63, 3.8) is 0 Å². The van der Waals surface area contributed by atoms with Crippen LogP contribution in [0.5, 0.6) is 0 Å². The first-order valence-electron chi connectivity index (χ1n) is 8.24. The van der Waals surface area contributed by atoms with Crippen LogP contribution in [-0.2, 0) is 4.79 Å². The fourth-order valence-corrected chi connectivity index (χ4v) is 2.65. The molecule has 0 saturated heterocycles. The Morgan fingerprint density at radius 1 is 1.32 bits per heavy atom. The Bertz CT molecular complexity index is 762. The van der Waals surface area contributed by atoms with Crippen LogP contribution in [0.4, 0.5) is 15.9 Å². The molecule has 6 heteroatoms. The number of pyridine rings is 1. The van der Waals surface area contributed by atoms with Crippen molar-refractivity contribution in [2.24, 2.45) is 5.92 Å². The number of nitrogens with one attached hydrogen (secondary N) is 1. The number of carbonyl (C=O) groups excluding carboxylic acids is 1. The van der Waals surface area contributed by atoms with Gasteiger partial charge in [0.05, 0.1) is 18.5 Å². The maximum Gasteiger partial charge on any atom is 0.229 e. The minimum absolute atomic E-state index is 0.0138. The fourth-order valence-electron chi connectivity index (χ4n) is 2.65. The van der Waals surface area contributed by atoms with Gasteiger partial charge in [0, 0.05) is 25.1 Å². The summed E-state index contributed by atoms with van der Waals surface area (Å²) in [5.41, 5.74) is 3.03. The predicted molar refractivity (Wildman–Crippen MR) is 98.2 cm³/mol. The van der Waals surface area contributed by atoms with E-state index in [4.69, 9.17) is 5.11 Å². The van der Waals surface area contributed by atoms with E-state index < -0.39 is 0 Å². The van der Waals surface area contributed by atoms with Crippen molar-refractivity contribution >= 4 is 17.4 Å². The van der Waals surface area contributed by atoms with Gasteiger partial charge in [-0.3, -0.25) is 4.79 Å². The number of nitrogens with zero attached hydrogens (tertiary/aromatic N) is 2. The van der Waals surface area contributed by atoms with Crippen molar-refractivity contribution in [2.75, 3.05) is 30.4 Å². The largest absolute Gasteiger partial charge is 0.395 e. The molecule has 0 bridgehead atoms. The average molecular weight is 345 g/mol. The summed E-state index contributed by atoms with van der Waals surface area (Å²) in [6, 6.07) is 6.38. The van der Waals surface area contributed by atoms with Gasteiger partial charge in [-0.15, -0.1) is 0 Å². The Morgan fingerprint density at radius 3 is 2.64 bits per heavy atom. The third-order valence-electron chi connectivity index (χ3n) is 3.97. The normalized spacial score (nSPS) is 10.8. The van der Waals surface area contributed by atoms with E-state index in [1.165, 1.54) is 12.1 Å². The van der Waals surface area contributed by atoms with Crippen LogP contribution in [0, 0.1) is 18.7 Å². The quantitative estimate of drug-likeness (QED) is 0.844. The third kappa shape index (κ3) is 4.33. The molecule has 0 aliphatic rings. The second-order valence-electron chi connectivity index (χ2n) is 6.25. The van der Waals surface area contributed by atoms with Crippen molar-refractivity contribution in [1.29, 1.82) is 0 Å². The third-order valence-corrected chi connectivity index (χ3v) is 3.97. The van der Waals surface area contributed by atoms with E-state index in [0.717, 1.165) is 16.7 Å². The summed E-state index contributed by atoms with van der Waals surface area (Å²) < 4.78 is 13.5. The van der Waals surface area contributed by atoms with Gasteiger partial charge in [0.25, 0.3) is 0 Å². The molecule has 0 radical (unpaired) electrons. The summed E-state index contributed by atoms with van der Waals surface area (Å²) in [6.45, 7) is 5.86. The van der Waals surface area contributed by atoms with Gasteiger partial charge in [0.1, 0.15) is 11.6 Å². The Kier molecular flexibility index (Phi) is 6.09. The van der Waals surface area contributed by atoms with Crippen LogP contribution >= 0.6 is 0 Å². The lowest BCUT2D eigenvalue weighted by Gasteiger charge is -2.23. The first kappa shape index (κ1) is 18.9. The molecule has 1 heterocycles. The molecule has 5 nitrogen and oxygen atoms in total. The topological polar surface area (TPSA) is 65.5 Å². The molecule has 2 rings (SSSR count). The number of amides is 1. The van der Waals surface area contributed by atoms with Crippen LogP contribution < -0.4 is 10.2 Å². The Balaban J connectivity index is 2.57. The van der Waals surface area contributed by atoms with Gasteiger partial charge in [0.2, 0.25) is 5.91 Å². The number of carbonyl (C=O) groups is 1. The van der Waals surface area contributed by atoms with Crippen molar-refractivity contribution in [3.05, 3.63) is 41.8 Å². The van der Waals surface area contributed by atoms with E-state index in [1.54, 1.807) is 24.2 Å². The van der Waals surface area contributed by atoms with Gasteiger partial charge in [-0.2, -0.15) is 0 Å². The molecule has 1 amide bonds. The highest BCUT2D eigenvalue weighted by Crippen LogP contribution is 2.34. The van der Waals surface area contributed by atoms with E-state index in [9.17, 15) is 9.18 Å². The Labute approximate surface area is 147 Å². The van der Waals surface area contributed by atoms with Crippen molar-refractivity contribution in [1.82, 2.24) is 4.98 Å². The van der Waals surface area contributed by atoms with Gasteiger partial charge in [-0.1, -0.05) is 19.9 Å². The van der Waals surface area contributed by atoms with E-state index >= 15 is 0 Å². The van der Waals surface area contributed by atoms with Gasteiger partial charge in [0.15, 0.2) is 0 Å². The van der Waals surface area contributed by atoms with Gasteiger partial charge in [-0.25, -0.2) is 9.37 Å². The molecular weight excluding hydrogens is 321 g/mol. The minimum Gasteiger partial charge on any atom is -0.395 e. The predicted octanol–water partition coefficient (Wildman–Crippen LogP) is 3.22. The SMILES string of the molecule is Cc1cc(F)ccc1-c1cc(NCCO)ncc1N(C)C(=O)C(C)C. The monoisotopic (exact) mass is 345 g/mol. The molecule has 0 atom stereocenters. The molecule has 0 saturated carbocycles. The number of aromatic nitrogens is 1. The first-order chi connectivity index (χ1) is 11.8. The van der Waals surface area contributed by atoms with E-state index in [2.05, 4.69) is 10.3 Å². The highest BCUT2D eigenvalue weighted by molar-refractivity contribution is 5.98. The molecule has 2 N–H and O–H groups in total. The standard InChI is InChI=1S/C19H24FN3O2/c1-12(2)19(25)23(4)17-11-22-18(21-7-8-24)10-16(17)15-6-5-14(20)9-13(15)3/h5-6,9-12,24H,7-8H2,1-4H3,(H,21,22). The maximum atomic E-state index is 13.5. The van der Waals surface area contributed by atoms with E-state index in [0.29, 0.717) is 18.1 Å². The fraction of sp³-hybridized carbons (Fsp3) is 0.368. The van der Waals surface area contributed by atoms with Crippen LogP contribution in [0.25, 0.3) is 11.1 Å². The van der Waals surface area contributed by atoms with Crippen LogP contribution in [-0.4, -0.2) is 36.2 Å². The first-order valence-corrected chi connectivity index (χ1v) is 8.24. The van der Waals surface area contributed by atoms with Crippen LogP contribution in [0.1, 0.15) is 19.4 Å². The number of aliphatic hydroxyl groups excluding tert-OH is 1. The molecule has 0 aliphatic carbocycles. The summed E-state index contributed by atoms with van der Waals surface area (Å²) in [6.07, 6.45) is 1.62. The van der Waals surface area contributed by atoms with E-state index in [1.807, 2.05) is 26.8 Å². The zero-order chi connectivity index (χ0) is 18.6. The number of hydrogen-bond donors (Lipinski definition) is 2. The number of halogens is 1. The molecule has 25 heavy (non-hydrogen) atoms. The molecular formula is C19H24FN3O2. The van der Waals surface area contributed by atoms with Crippen molar-refractivity contribution in [2.45, 2.75) is 20.8 Å². The van der Waals surface area contributed by atoms with Crippen LogP contribution in [0.3, 0.4) is 0 Å². The zero-order valence-corrected chi connectivity index (χ0v) is 15.0. The zero-order valence-electron chi connectivity index (χ0n) is 15.0. The Morgan fingerprint density at radius 2 is 2.04 bits per heavy atom. The molecule has 2 aromatic rings. The smallest absolute Gasteiger partial charge is 0.229 e. The van der Waals surface area contributed by atoms with Gasteiger partial charge in [-0.05, 0) is 36.2 Å². The second-order valence-corrected chi connectivity index (χ2v) is 6.25. The maximum absolute atomic E-state index is 13.5. The summed E-state index contributed by atoms with van der Waals surface area (Å²) in [4.78, 5) is 18.3. The molecule has 134 valence electrons. The molecule has 0 fully saturated rings. The van der Waals surface area contributed by atoms with Crippen molar-refractivity contribution < 1.29 is 14.3 Å². The molecule has 0 spiro atoms. The van der Waals surface area contributed by atoms with Gasteiger partial charge >= 0.3 is 0 Å².